The molecule has 0 atom stereocenters. The Bertz CT molecular complexity index is 1070. The van der Waals surface area contributed by atoms with Crippen LogP contribution in [0.4, 0.5) is 0 Å². The number of pyridine rings is 1. The number of hydrogen-bond acceptors (Lipinski definition) is 7. The quantitative estimate of drug-likeness (QED) is 0.435. The fourth-order valence-corrected chi connectivity index (χ4v) is 2.61. The SMILES string of the molecule is CCOC(=O)c1c(O)nc2c(C=O)cc3cc(OC)ccc3n2c1=O. The normalized spacial score (nSPS) is 10.8. The predicted molar refractivity (Wildman–Crippen MR) is 88.5 cm³/mol. The Morgan fingerprint density at radius 2 is 2.12 bits per heavy atom. The summed E-state index contributed by atoms with van der Waals surface area (Å²) < 4.78 is 11.0. The Labute approximate surface area is 141 Å². The second-order valence-electron chi connectivity index (χ2n) is 5.14. The van der Waals surface area contributed by atoms with Crippen LogP contribution in [0, 0.1) is 0 Å². The van der Waals surface area contributed by atoms with Gasteiger partial charge in [0.25, 0.3) is 5.56 Å². The number of rotatable bonds is 4. The van der Waals surface area contributed by atoms with Crippen LogP contribution in [0.1, 0.15) is 27.6 Å². The third-order valence-electron chi connectivity index (χ3n) is 3.72. The number of fused-ring (bicyclic) bond motifs is 3. The third kappa shape index (κ3) is 2.57. The molecule has 0 bridgehead atoms. The van der Waals surface area contributed by atoms with E-state index in [9.17, 15) is 19.5 Å². The van der Waals surface area contributed by atoms with Crippen molar-refractivity contribution in [3.05, 3.63) is 45.7 Å². The number of ether oxygens (including phenoxy) is 2. The molecule has 0 spiro atoms. The molecule has 1 aromatic carbocycles. The van der Waals surface area contributed by atoms with Crippen molar-refractivity contribution in [2.75, 3.05) is 13.7 Å². The van der Waals surface area contributed by atoms with Crippen molar-refractivity contribution in [2.24, 2.45) is 0 Å². The number of aldehydes is 1. The first kappa shape index (κ1) is 16.4. The number of carbonyl (C=O) groups is 2. The van der Waals surface area contributed by atoms with E-state index in [-0.39, 0.29) is 17.8 Å². The Kier molecular flexibility index (Phi) is 4.10. The summed E-state index contributed by atoms with van der Waals surface area (Å²) in [4.78, 5) is 40.1. The molecule has 0 unspecified atom stereocenters. The molecule has 0 fully saturated rings. The Balaban J connectivity index is 2.50. The Morgan fingerprint density at radius 3 is 2.76 bits per heavy atom. The van der Waals surface area contributed by atoms with E-state index in [2.05, 4.69) is 4.98 Å². The van der Waals surface area contributed by atoms with E-state index < -0.39 is 23.0 Å². The van der Waals surface area contributed by atoms with E-state index in [1.807, 2.05) is 0 Å². The van der Waals surface area contributed by atoms with Crippen LogP contribution >= 0.6 is 0 Å². The summed E-state index contributed by atoms with van der Waals surface area (Å²) in [6, 6.07) is 6.40. The van der Waals surface area contributed by atoms with Crippen LogP contribution in [0.2, 0.25) is 0 Å². The second kappa shape index (κ2) is 6.23. The first-order valence-corrected chi connectivity index (χ1v) is 7.40. The Morgan fingerprint density at radius 1 is 1.36 bits per heavy atom. The lowest BCUT2D eigenvalue weighted by Gasteiger charge is -2.11. The standard InChI is InChI=1S/C17H14N2O6/c1-3-25-17(23)13-15(21)18-14-10(8-20)6-9-7-11(24-2)4-5-12(9)19(14)16(13)22/h4-8,21H,3H2,1-2H3. The van der Waals surface area contributed by atoms with Gasteiger partial charge in [0.05, 0.1) is 24.8 Å². The van der Waals surface area contributed by atoms with Crippen LogP contribution in [0.25, 0.3) is 16.6 Å². The molecule has 0 saturated carbocycles. The number of hydrogen-bond donors (Lipinski definition) is 1. The molecule has 1 N–H and O–H groups in total. The molecule has 0 saturated heterocycles. The fourth-order valence-electron chi connectivity index (χ4n) is 2.61. The zero-order valence-corrected chi connectivity index (χ0v) is 13.5. The molecule has 128 valence electrons. The maximum absolute atomic E-state index is 12.8. The van der Waals surface area contributed by atoms with Crippen molar-refractivity contribution in [3.8, 4) is 11.6 Å². The van der Waals surface area contributed by atoms with Crippen LogP contribution in [0.3, 0.4) is 0 Å². The molecule has 0 radical (unpaired) electrons. The van der Waals surface area contributed by atoms with Gasteiger partial charge >= 0.3 is 5.97 Å². The number of methoxy groups -OCH3 is 1. The van der Waals surface area contributed by atoms with Gasteiger partial charge in [0.2, 0.25) is 5.88 Å². The molecule has 2 aromatic heterocycles. The molecule has 3 aromatic rings. The zero-order valence-electron chi connectivity index (χ0n) is 13.5. The van der Waals surface area contributed by atoms with Crippen molar-refractivity contribution in [1.82, 2.24) is 9.38 Å². The van der Waals surface area contributed by atoms with E-state index in [0.29, 0.717) is 22.9 Å². The van der Waals surface area contributed by atoms with Crippen molar-refractivity contribution in [2.45, 2.75) is 6.92 Å². The maximum Gasteiger partial charge on any atom is 0.349 e. The van der Waals surface area contributed by atoms with Gasteiger partial charge in [-0.15, -0.1) is 0 Å². The maximum atomic E-state index is 12.8. The van der Waals surface area contributed by atoms with Gasteiger partial charge in [-0.2, -0.15) is 4.98 Å². The van der Waals surface area contributed by atoms with E-state index in [1.165, 1.54) is 13.2 Å². The Hall–Kier alpha value is -3.42. The summed E-state index contributed by atoms with van der Waals surface area (Å²) in [5.74, 6) is -1.22. The summed E-state index contributed by atoms with van der Waals surface area (Å²) >= 11 is 0. The van der Waals surface area contributed by atoms with E-state index in [1.54, 1.807) is 25.1 Å². The number of aromatic hydroxyl groups is 1. The molecule has 2 heterocycles. The molecule has 0 aliphatic carbocycles. The number of nitrogens with zero attached hydrogens (tertiary/aromatic N) is 2. The first-order chi connectivity index (χ1) is 12.0. The molecular formula is C17H14N2O6. The van der Waals surface area contributed by atoms with Crippen LogP contribution in [0.5, 0.6) is 11.6 Å². The molecule has 3 rings (SSSR count). The van der Waals surface area contributed by atoms with Gasteiger partial charge in [-0.1, -0.05) is 0 Å². The molecule has 0 aliphatic heterocycles. The molecule has 0 amide bonds. The average Bonchev–Trinajstić information content (AvgIpc) is 2.60. The number of carbonyl (C=O) groups excluding carboxylic acids is 2. The smallest absolute Gasteiger partial charge is 0.349 e. The van der Waals surface area contributed by atoms with Crippen LogP contribution in [-0.2, 0) is 4.74 Å². The molecule has 8 nitrogen and oxygen atoms in total. The monoisotopic (exact) mass is 342 g/mol. The molecule has 0 aliphatic rings. The van der Waals surface area contributed by atoms with Crippen LogP contribution in [-0.4, -0.2) is 40.5 Å². The summed E-state index contributed by atoms with van der Waals surface area (Å²) in [6.45, 7) is 1.61. The van der Waals surface area contributed by atoms with E-state index in [0.717, 1.165) is 4.40 Å². The zero-order chi connectivity index (χ0) is 18.1. The van der Waals surface area contributed by atoms with E-state index >= 15 is 0 Å². The highest BCUT2D eigenvalue weighted by atomic mass is 16.5. The van der Waals surface area contributed by atoms with Crippen LogP contribution in [0.15, 0.2) is 29.1 Å². The van der Waals surface area contributed by atoms with Gasteiger partial charge in [0, 0.05) is 5.39 Å². The van der Waals surface area contributed by atoms with Crippen molar-refractivity contribution in [1.29, 1.82) is 0 Å². The van der Waals surface area contributed by atoms with Crippen molar-refractivity contribution < 1.29 is 24.2 Å². The van der Waals surface area contributed by atoms with Gasteiger partial charge in [-0.25, -0.2) is 4.79 Å². The minimum atomic E-state index is -0.981. The van der Waals surface area contributed by atoms with Gasteiger partial charge in [0.1, 0.15) is 5.75 Å². The largest absolute Gasteiger partial charge is 0.497 e. The highest BCUT2D eigenvalue weighted by molar-refractivity contribution is 5.96. The van der Waals surface area contributed by atoms with E-state index in [4.69, 9.17) is 9.47 Å². The second-order valence-corrected chi connectivity index (χ2v) is 5.14. The third-order valence-corrected chi connectivity index (χ3v) is 3.72. The lowest BCUT2D eigenvalue weighted by Crippen LogP contribution is -2.25. The highest BCUT2D eigenvalue weighted by Gasteiger charge is 2.23. The summed E-state index contributed by atoms with van der Waals surface area (Å²) in [5, 5.41) is 10.5. The first-order valence-electron chi connectivity index (χ1n) is 7.40. The number of esters is 1. The van der Waals surface area contributed by atoms with Crippen molar-refractivity contribution >= 4 is 28.8 Å². The highest BCUT2D eigenvalue weighted by Crippen LogP contribution is 2.24. The number of benzene rings is 1. The predicted octanol–water partition coefficient (Wildman–Crippen LogP) is 1.55. The van der Waals surface area contributed by atoms with Gasteiger partial charge < -0.3 is 14.6 Å². The fraction of sp³-hybridized carbons (Fsp3) is 0.176. The lowest BCUT2D eigenvalue weighted by molar-refractivity contribution is 0.0519. The summed E-state index contributed by atoms with van der Waals surface area (Å²) in [5.41, 5.74) is -0.962. The van der Waals surface area contributed by atoms with Crippen LogP contribution < -0.4 is 10.3 Å². The minimum absolute atomic E-state index is 0.0345. The van der Waals surface area contributed by atoms with Gasteiger partial charge in [-0.3, -0.25) is 14.0 Å². The molecular weight excluding hydrogens is 328 g/mol. The average molecular weight is 342 g/mol. The summed E-state index contributed by atoms with van der Waals surface area (Å²) in [7, 11) is 1.49. The topological polar surface area (TPSA) is 107 Å². The minimum Gasteiger partial charge on any atom is -0.497 e. The summed E-state index contributed by atoms with van der Waals surface area (Å²) in [6.07, 6.45) is 0.518. The lowest BCUT2D eigenvalue weighted by atomic mass is 10.1. The van der Waals surface area contributed by atoms with Crippen molar-refractivity contribution in [3.63, 3.8) is 0 Å². The van der Waals surface area contributed by atoms with Gasteiger partial charge in [0.15, 0.2) is 17.5 Å². The number of aromatic nitrogens is 2. The molecule has 8 heteroatoms. The molecule has 25 heavy (non-hydrogen) atoms. The van der Waals surface area contributed by atoms with Gasteiger partial charge in [-0.05, 0) is 31.2 Å².